The number of amides is 1. The average Bonchev–Trinajstić information content (AvgIpc) is 3.33. The normalized spacial score (nSPS) is 18.9. The molecule has 2 aliphatic rings. The molecule has 3 heterocycles. The monoisotopic (exact) mass is 383 g/mol. The lowest BCUT2D eigenvalue weighted by molar-refractivity contribution is 0.0705. The quantitative estimate of drug-likeness (QED) is 0.635. The van der Waals surface area contributed by atoms with E-state index in [4.69, 9.17) is 25.5 Å². The van der Waals surface area contributed by atoms with Crippen molar-refractivity contribution in [1.82, 2.24) is 4.90 Å². The van der Waals surface area contributed by atoms with Crippen LogP contribution >= 0.6 is 11.6 Å². The minimum atomic E-state index is -0.0975. The van der Waals surface area contributed by atoms with Gasteiger partial charge < -0.3 is 18.8 Å². The first-order valence-electron chi connectivity index (χ1n) is 9.09. The third-order valence-corrected chi connectivity index (χ3v) is 5.39. The number of hydrogen-bond acceptors (Lipinski definition) is 4. The van der Waals surface area contributed by atoms with Gasteiger partial charge in [-0.2, -0.15) is 0 Å². The van der Waals surface area contributed by atoms with E-state index in [0.29, 0.717) is 36.1 Å². The summed E-state index contributed by atoms with van der Waals surface area (Å²) in [6, 6.07) is 13.1. The van der Waals surface area contributed by atoms with Crippen LogP contribution in [-0.4, -0.2) is 30.6 Å². The lowest BCUT2D eigenvalue weighted by Gasteiger charge is -2.26. The fourth-order valence-corrected chi connectivity index (χ4v) is 4.07. The lowest BCUT2D eigenvalue weighted by Crippen LogP contribution is -2.30. The van der Waals surface area contributed by atoms with E-state index in [2.05, 4.69) is 0 Å². The van der Waals surface area contributed by atoms with E-state index in [-0.39, 0.29) is 11.9 Å². The van der Waals surface area contributed by atoms with E-state index in [9.17, 15) is 4.79 Å². The van der Waals surface area contributed by atoms with Gasteiger partial charge in [0, 0.05) is 17.0 Å². The van der Waals surface area contributed by atoms with Gasteiger partial charge in [-0.25, -0.2) is 0 Å². The van der Waals surface area contributed by atoms with E-state index in [1.165, 1.54) is 0 Å². The number of furan rings is 1. The van der Waals surface area contributed by atoms with Crippen molar-refractivity contribution < 1.29 is 18.7 Å². The highest BCUT2D eigenvalue weighted by Gasteiger charge is 2.33. The number of carbonyl (C=O) groups excluding carboxylic acids is 1. The Labute approximate surface area is 161 Å². The fourth-order valence-electron chi connectivity index (χ4n) is 3.88. The molecule has 1 aromatic heterocycles. The van der Waals surface area contributed by atoms with Crippen LogP contribution in [0.3, 0.4) is 0 Å². The number of ether oxygens (including phenoxy) is 2. The van der Waals surface area contributed by atoms with Gasteiger partial charge in [-0.1, -0.05) is 17.7 Å². The highest BCUT2D eigenvalue weighted by molar-refractivity contribution is 6.31. The Balaban J connectivity index is 1.45. The molecular formula is C21H18ClNO4. The highest BCUT2D eigenvalue weighted by Crippen LogP contribution is 2.39. The second-order valence-electron chi connectivity index (χ2n) is 6.85. The second-order valence-corrected chi connectivity index (χ2v) is 7.29. The zero-order valence-corrected chi connectivity index (χ0v) is 15.4. The minimum absolute atomic E-state index is 0.00475. The molecule has 5 nitrogen and oxygen atoms in total. The summed E-state index contributed by atoms with van der Waals surface area (Å²) in [6.07, 6.45) is 1.87. The maximum absolute atomic E-state index is 13.1. The van der Waals surface area contributed by atoms with Crippen LogP contribution in [0.15, 0.2) is 46.9 Å². The Hall–Kier alpha value is -2.66. The van der Waals surface area contributed by atoms with Gasteiger partial charge in [0.1, 0.15) is 18.8 Å². The largest absolute Gasteiger partial charge is 0.486 e. The molecule has 2 aromatic carbocycles. The number of benzene rings is 2. The van der Waals surface area contributed by atoms with E-state index in [1.807, 2.05) is 23.1 Å². The highest BCUT2D eigenvalue weighted by atomic mass is 35.5. The van der Waals surface area contributed by atoms with Crippen molar-refractivity contribution in [2.45, 2.75) is 18.9 Å². The molecule has 0 unspecified atom stereocenters. The molecule has 0 bridgehead atoms. The molecule has 0 N–H and O–H groups in total. The SMILES string of the molecule is O=C(c1cc2cc(Cl)ccc2o1)N1CCC[C@@H]1c1ccc2c(c1)OCCO2. The molecule has 1 amide bonds. The first-order chi connectivity index (χ1) is 13.2. The fraction of sp³-hybridized carbons (Fsp3) is 0.286. The van der Waals surface area contributed by atoms with E-state index in [1.54, 1.807) is 24.3 Å². The lowest BCUT2D eigenvalue weighted by atomic mass is 10.0. The van der Waals surface area contributed by atoms with E-state index >= 15 is 0 Å². The van der Waals surface area contributed by atoms with Gasteiger partial charge in [-0.3, -0.25) is 4.79 Å². The second kappa shape index (κ2) is 6.50. The van der Waals surface area contributed by atoms with Crippen molar-refractivity contribution in [1.29, 1.82) is 0 Å². The van der Waals surface area contributed by atoms with Crippen LogP contribution < -0.4 is 9.47 Å². The smallest absolute Gasteiger partial charge is 0.290 e. The van der Waals surface area contributed by atoms with Crippen LogP contribution in [0.5, 0.6) is 11.5 Å². The number of likely N-dealkylation sites (tertiary alicyclic amines) is 1. The molecule has 3 aromatic rings. The van der Waals surface area contributed by atoms with Gasteiger partial charge in [0.15, 0.2) is 17.3 Å². The van der Waals surface area contributed by atoms with Gasteiger partial charge in [-0.05, 0) is 54.8 Å². The summed E-state index contributed by atoms with van der Waals surface area (Å²) >= 11 is 6.04. The Morgan fingerprint density at radius 2 is 1.89 bits per heavy atom. The number of nitrogens with zero attached hydrogens (tertiary/aromatic N) is 1. The Bertz CT molecular complexity index is 1030. The van der Waals surface area contributed by atoms with Gasteiger partial charge in [0.05, 0.1) is 6.04 Å². The first-order valence-corrected chi connectivity index (χ1v) is 9.46. The zero-order chi connectivity index (χ0) is 18.4. The summed E-state index contributed by atoms with van der Waals surface area (Å²) in [5, 5.41) is 1.46. The molecular weight excluding hydrogens is 366 g/mol. The molecule has 138 valence electrons. The molecule has 1 fully saturated rings. The molecule has 5 rings (SSSR count). The number of carbonyl (C=O) groups is 1. The topological polar surface area (TPSA) is 51.9 Å². The standard InChI is InChI=1S/C21H18ClNO4/c22-15-4-6-17-14(10-15)12-20(27-17)21(24)23-7-1-2-16(23)13-3-5-18-19(11-13)26-9-8-25-18/h3-6,10-12,16H,1-2,7-9H2/t16-/m1/s1. The first kappa shape index (κ1) is 16.5. The minimum Gasteiger partial charge on any atom is -0.486 e. The molecule has 2 aliphatic heterocycles. The molecule has 1 atom stereocenters. The molecule has 0 saturated carbocycles. The summed E-state index contributed by atoms with van der Waals surface area (Å²) in [5.74, 6) is 1.75. The van der Waals surface area contributed by atoms with Gasteiger partial charge in [0.25, 0.3) is 5.91 Å². The predicted octanol–water partition coefficient (Wildman–Crippen LogP) is 4.83. The third-order valence-electron chi connectivity index (χ3n) is 5.15. The number of rotatable bonds is 2. The Kier molecular flexibility index (Phi) is 3.97. The van der Waals surface area contributed by atoms with Crippen LogP contribution in [-0.2, 0) is 0 Å². The summed E-state index contributed by atoms with van der Waals surface area (Å²) < 4.78 is 17.1. The van der Waals surface area contributed by atoms with Gasteiger partial charge >= 0.3 is 0 Å². The zero-order valence-electron chi connectivity index (χ0n) is 14.6. The Morgan fingerprint density at radius 1 is 1.04 bits per heavy atom. The van der Waals surface area contributed by atoms with Crippen LogP contribution in [0.4, 0.5) is 0 Å². The van der Waals surface area contributed by atoms with Crippen LogP contribution in [0.1, 0.15) is 35.0 Å². The molecule has 0 aliphatic carbocycles. The molecule has 6 heteroatoms. The van der Waals surface area contributed by atoms with Gasteiger partial charge in [0.2, 0.25) is 0 Å². The number of fused-ring (bicyclic) bond motifs is 2. The number of halogens is 1. The summed E-state index contributed by atoms with van der Waals surface area (Å²) in [5.41, 5.74) is 1.72. The summed E-state index contributed by atoms with van der Waals surface area (Å²) in [7, 11) is 0. The number of hydrogen-bond donors (Lipinski definition) is 0. The predicted molar refractivity (Wildman–Crippen MR) is 102 cm³/mol. The summed E-state index contributed by atoms with van der Waals surface area (Å²) in [4.78, 5) is 15.0. The van der Waals surface area contributed by atoms with Crippen LogP contribution in [0.25, 0.3) is 11.0 Å². The van der Waals surface area contributed by atoms with Crippen molar-refractivity contribution in [2.75, 3.05) is 19.8 Å². The van der Waals surface area contributed by atoms with Crippen LogP contribution in [0.2, 0.25) is 5.02 Å². The molecule has 0 radical (unpaired) electrons. The third kappa shape index (κ3) is 2.92. The van der Waals surface area contributed by atoms with Crippen molar-refractivity contribution in [3.63, 3.8) is 0 Å². The maximum Gasteiger partial charge on any atom is 0.290 e. The van der Waals surface area contributed by atoms with E-state index < -0.39 is 0 Å². The van der Waals surface area contributed by atoms with E-state index in [0.717, 1.165) is 35.3 Å². The molecule has 1 saturated heterocycles. The Morgan fingerprint density at radius 3 is 2.78 bits per heavy atom. The molecule has 27 heavy (non-hydrogen) atoms. The maximum atomic E-state index is 13.1. The van der Waals surface area contributed by atoms with Crippen molar-refractivity contribution in [3.8, 4) is 11.5 Å². The summed E-state index contributed by atoms with van der Waals surface area (Å²) in [6.45, 7) is 1.82. The van der Waals surface area contributed by atoms with Crippen molar-refractivity contribution >= 4 is 28.5 Å². The average molecular weight is 384 g/mol. The van der Waals surface area contributed by atoms with Crippen molar-refractivity contribution in [2.24, 2.45) is 0 Å². The van der Waals surface area contributed by atoms with Crippen LogP contribution in [0, 0.1) is 0 Å². The van der Waals surface area contributed by atoms with Gasteiger partial charge in [-0.15, -0.1) is 0 Å². The van der Waals surface area contributed by atoms with Crippen molar-refractivity contribution in [3.05, 3.63) is 58.8 Å². The molecule has 0 spiro atoms.